The molecule has 2 heterocycles. The van der Waals surface area contributed by atoms with Crippen LogP contribution in [0.1, 0.15) is 27.4 Å². The fraction of sp³-hybridized carbons (Fsp3) is 0.353. The van der Waals surface area contributed by atoms with Gasteiger partial charge in [-0.3, -0.25) is 4.79 Å². The summed E-state index contributed by atoms with van der Waals surface area (Å²) >= 11 is 0. The van der Waals surface area contributed by atoms with Crippen LogP contribution in [0.3, 0.4) is 0 Å². The molecule has 0 spiro atoms. The molecule has 1 aromatic heterocycles. The minimum atomic E-state index is -3.29. The van der Waals surface area contributed by atoms with E-state index >= 15 is 0 Å². The van der Waals surface area contributed by atoms with E-state index < -0.39 is 10.0 Å². The van der Waals surface area contributed by atoms with Gasteiger partial charge in [0.05, 0.1) is 12.8 Å². The van der Waals surface area contributed by atoms with Crippen molar-refractivity contribution in [3.63, 3.8) is 0 Å². The van der Waals surface area contributed by atoms with E-state index in [0.29, 0.717) is 18.8 Å². The molecule has 0 atom stereocenters. The Morgan fingerprint density at radius 1 is 1.12 bits per heavy atom. The van der Waals surface area contributed by atoms with E-state index in [1.165, 1.54) is 11.1 Å². The predicted molar refractivity (Wildman–Crippen MR) is 90.1 cm³/mol. The van der Waals surface area contributed by atoms with E-state index in [0.717, 1.165) is 19.1 Å². The van der Waals surface area contributed by atoms with Gasteiger partial charge in [-0.1, -0.05) is 24.3 Å². The topological polar surface area (TPSA) is 79.6 Å². The molecule has 1 aliphatic heterocycles. The number of amides is 1. The second-order valence-corrected chi connectivity index (χ2v) is 7.75. The Balaban J connectivity index is 1.66. The lowest BCUT2D eigenvalue weighted by molar-refractivity contribution is 0.0729. The molecular weight excluding hydrogens is 328 g/mol. The molecule has 7 heteroatoms. The third-order valence-electron chi connectivity index (χ3n) is 4.09. The Kier molecular flexibility index (Phi) is 4.73. The molecule has 1 amide bonds. The van der Waals surface area contributed by atoms with Crippen LogP contribution in [0, 0.1) is 0 Å². The monoisotopic (exact) mass is 348 g/mol. The van der Waals surface area contributed by atoms with E-state index in [4.69, 9.17) is 4.42 Å². The van der Waals surface area contributed by atoms with Crippen molar-refractivity contribution in [1.82, 2.24) is 9.62 Å². The minimum absolute atomic E-state index is 0.0392. The molecule has 128 valence electrons. The van der Waals surface area contributed by atoms with E-state index in [-0.39, 0.29) is 18.2 Å². The number of sulfonamides is 1. The van der Waals surface area contributed by atoms with Gasteiger partial charge in [0, 0.05) is 13.1 Å². The van der Waals surface area contributed by atoms with E-state index in [2.05, 4.69) is 16.9 Å². The first-order chi connectivity index (χ1) is 11.4. The van der Waals surface area contributed by atoms with Crippen molar-refractivity contribution < 1.29 is 17.6 Å². The standard InChI is InChI=1S/C17H20N2O4S/c1-24(21,22)18-12-15-6-7-16(23-15)17(20)19-10-8-13-4-2-3-5-14(13)9-11-19/h2-7,18H,8-12H2,1H3. The Bertz CT molecular complexity index is 815. The molecule has 1 aliphatic rings. The molecule has 1 aromatic carbocycles. The summed E-state index contributed by atoms with van der Waals surface area (Å²) in [6.45, 7) is 1.33. The van der Waals surface area contributed by atoms with Crippen LogP contribution in [0.4, 0.5) is 0 Å². The van der Waals surface area contributed by atoms with Crippen molar-refractivity contribution in [2.24, 2.45) is 0 Å². The average Bonchev–Trinajstić information content (AvgIpc) is 2.91. The lowest BCUT2D eigenvalue weighted by Gasteiger charge is -2.18. The van der Waals surface area contributed by atoms with Crippen LogP contribution < -0.4 is 4.72 Å². The maximum absolute atomic E-state index is 12.6. The summed E-state index contributed by atoms with van der Waals surface area (Å²) in [6.07, 6.45) is 2.73. The summed E-state index contributed by atoms with van der Waals surface area (Å²) in [7, 11) is -3.29. The molecule has 0 fully saturated rings. The largest absolute Gasteiger partial charge is 0.455 e. The first kappa shape index (κ1) is 16.7. The number of hydrogen-bond donors (Lipinski definition) is 1. The number of carbonyl (C=O) groups excluding carboxylic acids is 1. The number of hydrogen-bond acceptors (Lipinski definition) is 4. The highest BCUT2D eigenvalue weighted by molar-refractivity contribution is 7.88. The highest BCUT2D eigenvalue weighted by atomic mass is 32.2. The van der Waals surface area contributed by atoms with Crippen molar-refractivity contribution >= 4 is 15.9 Å². The molecule has 0 radical (unpaired) electrons. The zero-order valence-corrected chi connectivity index (χ0v) is 14.3. The van der Waals surface area contributed by atoms with Gasteiger partial charge in [0.25, 0.3) is 5.91 Å². The van der Waals surface area contributed by atoms with Gasteiger partial charge in [0.2, 0.25) is 10.0 Å². The first-order valence-electron chi connectivity index (χ1n) is 7.82. The van der Waals surface area contributed by atoms with Gasteiger partial charge in [-0.15, -0.1) is 0 Å². The normalized spacial score (nSPS) is 15.0. The number of carbonyl (C=O) groups is 1. The molecule has 0 unspecified atom stereocenters. The van der Waals surface area contributed by atoms with Crippen LogP contribution in [-0.4, -0.2) is 38.6 Å². The fourth-order valence-electron chi connectivity index (χ4n) is 2.82. The number of nitrogens with one attached hydrogen (secondary N) is 1. The Morgan fingerprint density at radius 3 is 2.33 bits per heavy atom. The third kappa shape index (κ3) is 4.04. The van der Waals surface area contributed by atoms with Crippen LogP contribution in [0.15, 0.2) is 40.8 Å². The van der Waals surface area contributed by atoms with Gasteiger partial charge in [-0.05, 0) is 36.1 Å². The molecular formula is C17H20N2O4S. The van der Waals surface area contributed by atoms with E-state index in [1.807, 2.05) is 12.1 Å². The molecule has 0 saturated heterocycles. The predicted octanol–water partition coefficient (Wildman–Crippen LogP) is 1.57. The van der Waals surface area contributed by atoms with Crippen molar-refractivity contribution in [1.29, 1.82) is 0 Å². The number of furan rings is 1. The third-order valence-corrected chi connectivity index (χ3v) is 4.76. The van der Waals surface area contributed by atoms with E-state index in [9.17, 15) is 13.2 Å². The van der Waals surface area contributed by atoms with Gasteiger partial charge < -0.3 is 9.32 Å². The van der Waals surface area contributed by atoms with Gasteiger partial charge in [0.1, 0.15) is 5.76 Å². The SMILES string of the molecule is CS(=O)(=O)NCc1ccc(C(=O)N2CCc3ccccc3CC2)o1. The maximum Gasteiger partial charge on any atom is 0.289 e. The summed E-state index contributed by atoms with van der Waals surface area (Å²) in [5.41, 5.74) is 2.57. The molecule has 0 saturated carbocycles. The van der Waals surface area contributed by atoms with Crippen molar-refractivity contribution in [2.75, 3.05) is 19.3 Å². The quantitative estimate of drug-likeness (QED) is 0.910. The number of benzene rings is 1. The molecule has 0 aliphatic carbocycles. The smallest absolute Gasteiger partial charge is 0.289 e. The van der Waals surface area contributed by atoms with Gasteiger partial charge in [0.15, 0.2) is 5.76 Å². The fourth-order valence-corrected chi connectivity index (χ4v) is 3.22. The van der Waals surface area contributed by atoms with Gasteiger partial charge >= 0.3 is 0 Å². The lowest BCUT2D eigenvalue weighted by Crippen LogP contribution is -2.33. The average molecular weight is 348 g/mol. The maximum atomic E-state index is 12.6. The van der Waals surface area contributed by atoms with Crippen LogP contribution in [0.25, 0.3) is 0 Å². The summed E-state index contributed by atoms with van der Waals surface area (Å²) in [4.78, 5) is 14.4. The first-order valence-corrected chi connectivity index (χ1v) is 9.71. The zero-order chi connectivity index (χ0) is 17.2. The molecule has 3 rings (SSSR count). The van der Waals surface area contributed by atoms with Crippen LogP contribution in [-0.2, 0) is 29.4 Å². The zero-order valence-electron chi connectivity index (χ0n) is 13.5. The summed E-state index contributed by atoms with van der Waals surface area (Å²) < 4.78 is 30.1. The van der Waals surface area contributed by atoms with Crippen molar-refractivity contribution in [3.05, 3.63) is 59.0 Å². The molecule has 2 aromatic rings. The Morgan fingerprint density at radius 2 is 1.75 bits per heavy atom. The summed E-state index contributed by atoms with van der Waals surface area (Å²) in [6, 6.07) is 11.5. The number of nitrogens with zero attached hydrogens (tertiary/aromatic N) is 1. The Hall–Kier alpha value is -2.12. The molecule has 24 heavy (non-hydrogen) atoms. The van der Waals surface area contributed by atoms with E-state index in [1.54, 1.807) is 17.0 Å². The molecule has 1 N–H and O–H groups in total. The van der Waals surface area contributed by atoms with Crippen LogP contribution in [0.2, 0.25) is 0 Å². The van der Waals surface area contributed by atoms with Crippen LogP contribution in [0.5, 0.6) is 0 Å². The molecule has 6 nitrogen and oxygen atoms in total. The highest BCUT2D eigenvalue weighted by Gasteiger charge is 2.22. The van der Waals surface area contributed by atoms with Gasteiger partial charge in [-0.25, -0.2) is 13.1 Å². The minimum Gasteiger partial charge on any atom is -0.455 e. The number of rotatable bonds is 4. The number of fused-ring (bicyclic) bond motifs is 1. The lowest BCUT2D eigenvalue weighted by atomic mass is 10.0. The van der Waals surface area contributed by atoms with Crippen molar-refractivity contribution in [3.8, 4) is 0 Å². The second-order valence-electron chi connectivity index (χ2n) is 5.92. The Labute approximate surface area is 141 Å². The second kappa shape index (κ2) is 6.78. The highest BCUT2D eigenvalue weighted by Crippen LogP contribution is 2.18. The van der Waals surface area contributed by atoms with Gasteiger partial charge in [-0.2, -0.15) is 0 Å². The van der Waals surface area contributed by atoms with Crippen molar-refractivity contribution in [2.45, 2.75) is 19.4 Å². The molecule has 0 bridgehead atoms. The summed E-state index contributed by atoms with van der Waals surface area (Å²) in [5, 5.41) is 0. The summed E-state index contributed by atoms with van der Waals surface area (Å²) in [5.74, 6) is 0.501. The van der Waals surface area contributed by atoms with Crippen LogP contribution >= 0.6 is 0 Å².